The Hall–Kier alpha value is -2.18. The van der Waals surface area contributed by atoms with Gasteiger partial charge in [0.2, 0.25) is 5.91 Å². The van der Waals surface area contributed by atoms with Gasteiger partial charge in [-0.25, -0.2) is 0 Å². The first-order chi connectivity index (χ1) is 12.6. The van der Waals surface area contributed by atoms with Gasteiger partial charge in [0.25, 0.3) is 5.91 Å². The zero-order valence-electron chi connectivity index (χ0n) is 14.6. The van der Waals surface area contributed by atoms with Gasteiger partial charge in [-0.3, -0.25) is 9.59 Å². The number of carbonyl (C=O) groups excluding carboxylic acids is 2. The second kappa shape index (κ2) is 6.85. The summed E-state index contributed by atoms with van der Waals surface area (Å²) in [5.74, 6) is -0.523. The summed E-state index contributed by atoms with van der Waals surface area (Å²) in [6.45, 7) is 2.66. The van der Waals surface area contributed by atoms with Crippen molar-refractivity contribution < 1.29 is 9.59 Å². The van der Waals surface area contributed by atoms with Gasteiger partial charge >= 0.3 is 0 Å². The average Bonchev–Trinajstić information content (AvgIpc) is 3.08. The molecule has 1 aromatic carbocycles. The van der Waals surface area contributed by atoms with Crippen LogP contribution in [0.4, 0.5) is 0 Å². The zero-order chi connectivity index (χ0) is 18.1. The highest BCUT2D eigenvalue weighted by atomic mass is 32.1. The van der Waals surface area contributed by atoms with Crippen LogP contribution in [0, 0.1) is 5.41 Å². The third-order valence-corrected chi connectivity index (χ3v) is 6.44. The molecule has 3 N–H and O–H groups in total. The third-order valence-electron chi connectivity index (χ3n) is 5.71. The number of amides is 2. The van der Waals surface area contributed by atoms with E-state index in [2.05, 4.69) is 16.8 Å². The van der Waals surface area contributed by atoms with Crippen molar-refractivity contribution in [2.24, 2.45) is 11.1 Å². The van der Waals surface area contributed by atoms with Crippen LogP contribution < -0.4 is 11.1 Å². The fourth-order valence-electron chi connectivity index (χ4n) is 4.10. The van der Waals surface area contributed by atoms with Crippen LogP contribution in [0.25, 0.3) is 0 Å². The molecule has 1 spiro atoms. The summed E-state index contributed by atoms with van der Waals surface area (Å²) in [6.07, 6.45) is 3.30. The average molecular weight is 369 g/mol. The highest BCUT2D eigenvalue weighted by Crippen LogP contribution is 2.56. The predicted molar refractivity (Wildman–Crippen MR) is 102 cm³/mol. The molecule has 136 valence electrons. The highest BCUT2D eigenvalue weighted by Gasteiger charge is 2.57. The number of thiophene rings is 1. The molecule has 4 rings (SSSR count). The van der Waals surface area contributed by atoms with Crippen molar-refractivity contribution in [2.45, 2.75) is 31.8 Å². The Bertz CT molecular complexity index is 812. The molecule has 0 bridgehead atoms. The number of piperidine rings is 1. The maximum absolute atomic E-state index is 13.3. The summed E-state index contributed by atoms with van der Waals surface area (Å²) < 4.78 is 0. The Kier molecular flexibility index (Phi) is 4.54. The van der Waals surface area contributed by atoms with E-state index >= 15 is 0 Å². The standard InChI is InChI=1S/C20H23N3O2S/c21-18(24)15-2-1-3-16(10-15)19(25)23(12-14-4-9-26-13-14)17-11-20(17)5-7-22-8-6-20/h1-4,9-10,13,17,22H,5-8,11-12H2,(H2,21,24). The Morgan fingerprint density at radius 3 is 2.69 bits per heavy atom. The Morgan fingerprint density at radius 1 is 1.23 bits per heavy atom. The zero-order valence-corrected chi connectivity index (χ0v) is 15.4. The van der Waals surface area contributed by atoms with E-state index in [-0.39, 0.29) is 17.4 Å². The molecular formula is C20H23N3O2S. The van der Waals surface area contributed by atoms with Crippen LogP contribution in [-0.2, 0) is 6.54 Å². The van der Waals surface area contributed by atoms with Crippen LogP contribution in [0.2, 0.25) is 0 Å². The number of carbonyl (C=O) groups is 2. The monoisotopic (exact) mass is 369 g/mol. The van der Waals surface area contributed by atoms with Crippen molar-refractivity contribution in [2.75, 3.05) is 13.1 Å². The largest absolute Gasteiger partial charge is 0.366 e. The normalized spacial score (nSPS) is 20.7. The van der Waals surface area contributed by atoms with Crippen molar-refractivity contribution in [1.82, 2.24) is 10.2 Å². The molecule has 6 heteroatoms. The minimum absolute atomic E-state index is 0.0142. The van der Waals surface area contributed by atoms with Gasteiger partial charge in [-0.15, -0.1) is 0 Å². The maximum atomic E-state index is 13.3. The Balaban J connectivity index is 1.61. The molecule has 2 fully saturated rings. The van der Waals surface area contributed by atoms with Gasteiger partial charge in [-0.2, -0.15) is 11.3 Å². The first kappa shape index (κ1) is 17.2. The van der Waals surface area contributed by atoms with Crippen LogP contribution in [0.1, 0.15) is 45.5 Å². The van der Waals surface area contributed by atoms with E-state index in [1.165, 1.54) is 0 Å². The van der Waals surface area contributed by atoms with Crippen LogP contribution >= 0.6 is 11.3 Å². The SMILES string of the molecule is NC(=O)c1cccc(C(=O)N(Cc2ccsc2)C2CC23CCNCC3)c1. The topological polar surface area (TPSA) is 75.4 Å². The summed E-state index contributed by atoms with van der Waals surface area (Å²) >= 11 is 1.65. The number of primary amides is 1. The van der Waals surface area contributed by atoms with E-state index in [1.807, 2.05) is 10.3 Å². The molecule has 5 nitrogen and oxygen atoms in total. The van der Waals surface area contributed by atoms with E-state index < -0.39 is 5.91 Å². The molecule has 1 unspecified atom stereocenters. The van der Waals surface area contributed by atoms with Crippen molar-refractivity contribution >= 4 is 23.2 Å². The van der Waals surface area contributed by atoms with E-state index in [1.54, 1.807) is 35.6 Å². The van der Waals surface area contributed by atoms with E-state index in [0.717, 1.165) is 37.9 Å². The van der Waals surface area contributed by atoms with Gasteiger partial charge in [0, 0.05) is 23.7 Å². The van der Waals surface area contributed by atoms with Gasteiger partial charge in [0.1, 0.15) is 0 Å². The van der Waals surface area contributed by atoms with Gasteiger partial charge < -0.3 is 16.0 Å². The lowest BCUT2D eigenvalue weighted by molar-refractivity contribution is 0.0692. The predicted octanol–water partition coefficient (Wildman–Crippen LogP) is 2.63. The van der Waals surface area contributed by atoms with Crippen molar-refractivity contribution in [3.8, 4) is 0 Å². The van der Waals surface area contributed by atoms with E-state index in [4.69, 9.17) is 5.73 Å². The molecule has 2 amide bonds. The molecule has 2 heterocycles. The second-order valence-electron chi connectivity index (χ2n) is 7.34. The fraction of sp³-hybridized carbons (Fsp3) is 0.400. The van der Waals surface area contributed by atoms with Crippen LogP contribution in [-0.4, -0.2) is 35.8 Å². The number of benzene rings is 1. The molecule has 1 atom stereocenters. The van der Waals surface area contributed by atoms with Crippen LogP contribution in [0.15, 0.2) is 41.1 Å². The maximum Gasteiger partial charge on any atom is 0.254 e. The first-order valence-electron chi connectivity index (χ1n) is 9.02. The van der Waals surface area contributed by atoms with Gasteiger partial charge in [0.05, 0.1) is 0 Å². The highest BCUT2D eigenvalue weighted by molar-refractivity contribution is 7.07. The van der Waals surface area contributed by atoms with Crippen molar-refractivity contribution in [3.05, 3.63) is 57.8 Å². The van der Waals surface area contributed by atoms with Crippen molar-refractivity contribution in [1.29, 1.82) is 0 Å². The van der Waals surface area contributed by atoms with Gasteiger partial charge in [-0.05, 0) is 78.4 Å². The van der Waals surface area contributed by atoms with Crippen molar-refractivity contribution in [3.63, 3.8) is 0 Å². The molecule has 1 aliphatic heterocycles. The summed E-state index contributed by atoms with van der Waals surface area (Å²) in [5.41, 5.74) is 7.71. The molecule has 26 heavy (non-hydrogen) atoms. The number of hydrogen-bond acceptors (Lipinski definition) is 4. The minimum atomic E-state index is -0.509. The molecule has 1 saturated carbocycles. The molecule has 1 aromatic heterocycles. The molecule has 1 saturated heterocycles. The quantitative estimate of drug-likeness (QED) is 0.851. The lowest BCUT2D eigenvalue weighted by atomic mass is 9.93. The van der Waals surface area contributed by atoms with Gasteiger partial charge in [-0.1, -0.05) is 6.07 Å². The Morgan fingerprint density at radius 2 is 2.00 bits per heavy atom. The smallest absolute Gasteiger partial charge is 0.254 e. The summed E-state index contributed by atoms with van der Waals surface area (Å²) in [6, 6.07) is 9.10. The van der Waals surface area contributed by atoms with E-state index in [9.17, 15) is 9.59 Å². The number of hydrogen-bond donors (Lipinski definition) is 2. The molecule has 0 radical (unpaired) electrons. The molecule has 2 aliphatic rings. The second-order valence-corrected chi connectivity index (χ2v) is 8.12. The number of rotatable bonds is 5. The number of nitrogens with one attached hydrogen (secondary N) is 1. The van der Waals surface area contributed by atoms with Gasteiger partial charge in [0.15, 0.2) is 0 Å². The van der Waals surface area contributed by atoms with Crippen LogP contribution in [0.3, 0.4) is 0 Å². The third kappa shape index (κ3) is 3.27. The van der Waals surface area contributed by atoms with Crippen LogP contribution in [0.5, 0.6) is 0 Å². The number of nitrogens with zero attached hydrogens (tertiary/aromatic N) is 1. The summed E-state index contributed by atoms with van der Waals surface area (Å²) in [4.78, 5) is 26.8. The molecule has 2 aromatic rings. The summed E-state index contributed by atoms with van der Waals surface area (Å²) in [7, 11) is 0. The lowest BCUT2D eigenvalue weighted by Gasteiger charge is -2.29. The lowest BCUT2D eigenvalue weighted by Crippen LogP contribution is -2.39. The first-order valence-corrected chi connectivity index (χ1v) is 9.96. The summed E-state index contributed by atoms with van der Waals surface area (Å²) in [5, 5.41) is 7.55. The fourth-order valence-corrected chi connectivity index (χ4v) is 4.76. The minimum Gasteiger partial charge on any atom is -0.366 e. The number of nitrogens with two attached hydrogens (primary N) is 1. The molecular weight excluding hydrogens is 346 g/mol. The molecule has 1 aliphatic carbocycles. The Labute approximate surface area is 157 Å². The van der Waals surface area contributed by atoms with E-state index in [0.29, 0.717) is 17.7 Å².